The van der Waals surface area contributed by atoms with Crippen LogP contribution in [0.1, 0.15) is 54.9 Å². The van der Waals surface area contributed by atoms with Gasteiger partial charge in [-0.05, 0) is 55.2 Å². The molecule has 0 heterocycles. The molecule has 4 nitrogen and oxygen atoms in total. The fraction of sp³-hybridized carbons (Fsp3) is 0.588. The molecule has 1 aromatic carbocycles. The Balaban J connectivity index is 1.72. The van der Waals surface area contributed by atoms with Crippen molar-refractivity contribution in [3.63, 3.8) is 0 Å². The van der Waals surface area contributed by atoms with Crippen molar-refractivity contribution in [1.29, 1.82) is 0 Å². The first-order valence-corrected chi connectivity index (χ1v) is 7.91. The first kappa shape index (κ1) is 14.5. The minimum Gasteiger partial charge on any atom is -0.481 e. The number of aryl methyl sites for hydroxylation is 2. The highest BCUT2D eigenvalue weighted by Crippen LogP contribution is 2.29. The molecule has 1 saturated carbocycles. The molecular formula is C17H23NO3. The van der Waals surface area contributed by atoms with Crippen LogP contribution in [0, 0.1) is 0 Å². The second-order valence-electron chi connectivity index (χ2n) is 6.31. The highest BCUT2D eigenvalue weighted by atomic mass is 16.4. The van der Waals surface area contributed by atoms with Crippen molar-refractivity contribution < 1.29 is 15.0 Å². The third-order valence-electron chi connectivity index (χ3n) is 4.54. The summed E-state index contributed by atoms with van der Waals surface area (Å²) in [5.74, 6) is -0.807. The fourth-order valence-corrected chi connectivity index (χ4v) is 3.17. The number of fused-ring (bicyclic) bond motifs is 1. The summed E-state index contributed by atoms with van der Waals surface area (Å²) in [7, 11) is 0. The maximum absolute atomic E-state index is 10.8. The van der Waals surface area contributed by atoms with Crippen LogP contribution < -0.4 is 5.32 Å². The van der Waals surface area contributed by atoms with Crippen molar-refractivity contribution in [2.24, 2.45) is 0 Å². The predicted molar refractivity (Wildman–Crippen MR) is 80.2 cm³/mol. The van der Waals surface area contributed by atoms with Crippen molar-refractivity contribution in [1.82, 2.24) is 5.32 Å². The van der Waals surface area contributed by atoms with Crippen molar-refractivity contribution in [2.45, 2.75) is 63.1 Å². The van der Waals surface area contributed by atoms with Crippen LogP contribution in [-0.2, 0) is 17.6 Å². The predicted octanol–water partition coefficient (Wildman–Crippen LogP) is 2.19. The first-order valence-electron chi connectivity index (χ1n) is 7.91. The second-order valence-corrected chi connectivity index (χ2v) is 6.31. The molecule has 0 aliphatic heterocycles. The second kappa shape index (κ2) is 6.16. The maximum atomic E-state index is 10.8. The van der Waals surface area contributed by atoms with Crippen LogP contribution in [0.5, 0.6) is 0 Å². The van der Waals surface area contributed by atoms with Crippen LogP contribution >= 0.6 is 0 Å². The average molecular weight is 289 g/mol. The molecule has 2 unspecified atom stereocenters. The molecule has 2 aliphatic rings. The van der Waals surface area contributed by atoms with Crippen LogP contribution in [0.3, 0.4) is 0 Å². The highest BCUT2D eigenvalue weighted by Gasteiger charge is 2.29. The molecule has 2 aliphatic carbocycles. The maximum Gasteiger partial charge on any atom is 0.303 e. The zero-order valence-electron chi connectivity index (χ0n) is 12.2. The van der Waals surface area contributed by atoms with Crippen LogP contribution in [0.2, 0.25) is 0 Å². The first-order chi connectivity index (χ1) is 10.1. The number of carboxylic acids is 1. The molecule has 0 radical (unpaired) electrons. The van der Waals surface area contributed by atoms with E-state index in [2.05, 4.69) is 17.4 Å². The van der Waals surface area contributed by atoms with Gasteiger partial charge in [-0.25, -0.2) is 0 Å². The summed E-state index contributed by atoms with van der Waals surface area (Å²) in [6.45, 7) is 0. The Bertz CT molecular complexity index is 525. The number of nitrogens with one attached hydrogen (secondary N) is 1. The summed E-state index contributed by atoms with van der Waals surface area (Å²) in [4.78, 5) is 10.8. The van der Waals surface area contributed by atoms with E-state index >= 15 is 0 Å². The number of aliphatic hydroxyl groups is 1. The number of aliphatic carboxylic acids is 1. The van der Waals surface area contributed by atoms with Gasteiger partial charge in [-0.2, -0.15) is 0 Å². The molecule has 0 aromatic heterocycles. The third kappa shape index (κ3) is 3.63. The molecule has 2 atom stereocenters. The van der Waals surface area contributed by atoms with Crippen LogP contribution in [0.15, 0.2) is 18.2 Å². The van der Waals surface area contributed by atoms with E-state index in [0.717, 1.165) is 31.2 Å². The molecule has 3 N–H and O–H groups in total. The van der Waals surface area contributed by atoms with E-state index < -0.39 is 12.1 Å². The standard InChI is InChI=1S/C17H23NO3/c19-16(20)9-8-15(18-14-6-7-14)17(21)13-5-4-11-2-1-3-12(11)10-13/h4-5,10,14-15,17-18,21H,1-3,6-9H2,(H,19,20). The molecule has 21 heavy (non-hydrogen) atoms. The van der Waals surface area contributed by atoms with E-state index in [0.29, 0.717) is 12.5 Å². The van der Waals surface area contributed by atoms with Gasteiger partial charge >= 0.3 is 5.97 Å². The molecule has 1 aromatic rings. The van der Waals surface area contributed by atoms with E-state index in [1.165, 1.54) is 17.5 Å². The molecule has 0 amide bonds. The molecule has 0 spiro atoms. The minimum absolute atomic E-state index is 0.0897. The lowest BCUT2D eigenvalue weighted by Crippen LogP contribution is -2.37. The summed E-state index contributed by atoms with van der Waals surface area (Å²) in [6.07, 6.45) is 5.59. The largest absolute Gasteiger partial charge is 0.481 e. The molecule has 0 saturated heterocycles. The van der Waals surface area contributed by atoms with Crippen LogP contribution in [-0.4, -0.2) is 28.3 Å². The van der Waals surface area contributed by atoms with Gasteiger partial charge in [0.2, 0.25) is 0 Å². The van der Waals surface area contributed by atoms with Gasteiger partial charge in [-0.1, -0.05) is 18.2 Å². The van der Waals surface area contributed by atoms with Gasteiger partial charge in [0.25, 0.3) is 0 Å². The van der Waals surface area contributed by atoms with Gasteiger partial charge in [0.1, 0.15) is 0 Å². The highest BCUT2D eigenvalue weighted by molar-refractivity contribution is 5.66. The van der Waals surface area contributed by atoms with Gasteiger partial charge in [0.15, 0.2) is 0 Å². The summed E-state index contributed by atoms with van der Waals surface area (Å²) in [6, 6.07) is 6.50. The average Bonchev–Trinajstić information content (AvgIpc) is 3.16. The van der Waals surface area contributed by atoms with Crippen molar-refractivity contribution in [3.8, 4) is 0 Å². The van der Waals surface area contributed by atoms with Gasteiger partial charge < -0.3 is 15.5 Å². The Hall–Kier alpha value is -1.39. The lowest BCUT2D eigenvalue weighted by molar-refractivity contribution is -0.137. The minimum atomic E-state index is -0.807. The van der Waals surface area contributed by atoms with Crippen LogP contribution in [0.25, 0.3) is 0 Å². The summed E-state index contributed by atoms with van der Waals surface area (Å²) in [5.41, 5.74) is 3.65. The van der Waals surface area contributed by atoms with E-state index in [-0.39, 0.29) is 12.5 Å². The Labute approximate surface area is 125 Å². The zero-order valence-corrected chi connectivity index (χ0v) is 12.2. The number of aliphatic hydroxyl groups excluding tert-OH is 1. The Morgan fingerprint density at radius 1 is 1.29 bits per heavy atom. The van der Waals surface area contributed by atoms with E-state index in [1.54, 1.807) is 0 Å². The molecule has 1 fully saturated rings. The van der Waals surface area contributed by atoms with E-state index in [4.69, 9.17) is 5.11 Å². The zero-order chi connectivity index (χ0) is 14.8. The number of carbonyl (C=O) groups is 1. The van der Waals surface area contributed by atoms with Gasteiger partial charge in [-0.15, -0.1) is 0 Å². The number of hydrogen-bond acceptors (Lipinski definition) is 3. The van der Waals surface area contributed by atoms with Crippen molar-refractivity contribution in [2.75, 3.05) is 0 Å². The number of carboxylic acid groups (broad SMARTS) is 1. The van der Waals surface area contributed by atoms with E-state index in [9.17, 15) is 9.90 Å². The van der Waals surface area contributed by atoms with Crippen molar-refractivity contribution >= 4 is 5.97 Å². The van der Waals surface area contributed by atoms with Gasteiger partial charge in [0, 0.05) is 18.5 Å². The Morgan fingerprint density at radius 2 is 2.05 bits per heavy atom. The smallest absolute Gasteiger partial charge is 0.303 e. The molecule has 114 valence electrons. The lowest BCUT2D eigenvalue weighted by atomic mass is 9.95. The summed E-state index contributed by atoms with van der Waals surface area (Å²) < 4.78 is 0. The summed E-state index contributed by atoms with van der Waals surface area (Å²) in [5, 5.41) is 22.9. The van der Waals surface area contributed by atoms with Gasteiger partial charge in [-0.3, -0.25) is 4.79 Å². The number of rotatable bonds is 7. The Morgan fingerprint density at radius 3 is 2.76 bits per heavy atom. The van der Waals surface area contributed by atoms with E-state index in [1.807, 2.05) is 6.07 Å². The fourth-order valence-electron chi connectivity index (χ4n) is 3.17. The lowest BCUT2D eigenvalue weighted by Gasteiger charge is -2.24. The molecular weight excluding hydrogens is 266 g/mol. The third-order valence-corrected chi connectivity index (χ3v) is 4.54. The molecule has 0 bridgehead atoms. The van der Waals surface area contributed by atoms with Crippen molar-refractivity contribution in [3.05, 3.63) is 34.9 Å². The normalized spacial score (nSPS) is 20.0. The summed E-state index contributed by atoms with van der Waals surface area (Å²) >= 11 is 0. The SMILES string of the molecule is O=C(O)CCC(NC1CC1)C(O)c1ccc2c(c1)CCC2. The van der Waals surface area contributed by atoms with Gasteiger partial charge in [0.05, 0.1) is 6.10 Å². The Kier molecular flexibility index (Phi) is 4.27. The molecule has 4 heteroatoms. The molecule has 3 rings (SSSR count). The topological polar surface area (TPSA) is 69.6 Å². The number of hydrogen-bond donors (Lipinski definition) is 3. The quantitative estimate of drug-likeness (QED) is 0.719. The van der Waals surface area contributed by atoms with Crippen LogP contribution in [0.4, 0.5) is 0 Å². The monoisotopic (exact) mass is 289 g/mol. The number of benzene rings is 1.